The average Bonchev–Trinajstić information content (AvgIpc) is 3.12. The Morgan fingerprint density at radius 1 is 0.315 bits per heavy atom. The van der Waals surface area contributed by atoms with Crippen molar-refractivity contribution in [1.82, 2.24) is 10.6 Å². The van der Waals surface area contributed by atoms with Crippen LogP contribution in [0.25, 0.3) is 0 Å². The van der Waals surface area contributed by atoms with E-state index in [1.807, 2.05) is 0 Å². The van der Waals surface area contributed by atoms with Crippen molar-refractivity contribution >= 4 is 47.3 Å². The van der Waals surface area contributed by atoms with E-state index < -0.39 is 0 Å². The van der Waals surface area contributed by atoms with Gasteiger partial charge in [0.05, 0.1) is 0 Å². The molecule has 0 heterocycles. The molecular formula is C44H84N2Na2O4S2. The molecule has 308 valence electrons. The van der Waals surface area contributed by atoms with Crippen LogP contribution in [0, 0.1) is 0 Å². The number of carbonyl (C=O) groups is 4. The molecule has 2 amide bonds. The Hall–Kier alpha value is 0.720. The van der Waals surface area contributed by atoms with Crippen LogP contribution in [0.2, 0.25) is 0 Å². The molecule has 0 aromatic heterocycles. The van der Waals surface area contributed by atoms with Gasteiger partial charge in [-0.3, -0.25) is 9.59 Å². The second kappa shape index (κ2) is 53.7. The van der Waals surface area contributed by atoms with Crippen molar-refractivity contribution in [3.63, 3.8) is 0 Å². The fourth-order valence-electron chi connectivity index (χ4n) is 6.41. The summed E-state index contributed by atoms with van der Waals surface area (Å²) in [5.74, 6) is -0.103. The number of hydrogen-bond acceptors (Lipinski definition) is 6. The molecule has 0 saturated heterocycles. The number of unbranched alkanes of at least 4 members (excludes halogenated alkanes) is 30. The van der Waals surface area contributed by atoms with Crippen molar-refractivity contribution in [1.29, 1.82) is 0 Å². The molecule has 0 spiro atoms. The van der Waals surface area contributed by atoms with Gasteiger partial charge in [0.2, 0.25) is 11.8 Å². The Bertz CT molecular complexity index is 745. The van der Waals surface area contributed by atoms with Gasteiger partial charge in [-0.1, -0.05) is 206 Å². The van der Waals surface area contributed by atoms with Gasteiger partial charge in [-0.05, 0) is 25.7 Å². The van der Waals surface area contributed by atoms with Gasteiger partial charge in [-0.2, -0.15) is 0 Å². The molecule has 0 unspecified atom stereocenters. The van der Waals surface area contributed by atoms with Crippen molar-refractivity contribution in [2.24, 2.45) is 0 Å². The first-order chi connectivity index (χ1) is 25.3. The third-order valence-corrected chi connectivity index (χ3v) is 10.2. The second-order valence-electron chi connectivity index (χ2n) is 15.1. The molecule has 6 nitrogen and oxygen atoms in total. The number of hydrogen-bond donors (Lipinski definition) is 2. The minimum Gasteiger partial charge on any atom is -0.742 e. The fraction of sp³-hybridized carbons (Fsp3) is 0.909. The van der Waals surface area contributed by atoms with E-state index in [1.54, 1.807) is 0 Å². The molecule has 0 aromatic rings. The van der Waals surface area contributed by atoms with Crippen molar-refractivity contribution in [3.8, 4) is 0 Å². The molecule has 2 N–H and O–H groups in total. The zero-order valence-electron chi connectivity index (χ0n) is 36.3. The zero-order valence-corrected chi connectivity index (χ0v) is 42.0. The van der Waals surface area contributed by atoms with Crippen LogP contribution in [0.4, 0.5) is 0 Å². The Morgan fingerprint density at radius 2 is 0.500 bits per heavy atom. The van der Waals surface area contributed by atoms with Crippen LogP contribution >= 0.6 is 0 Å². The maximum Gasteiger partial charge on any atom is 1.00 e. The number of nitrogens with one attached hydrogen (secondary N) is 2. The predicted molar refractivity (Wildman–Crippen MR) is 228 cm³/mol. The smallest absolute Gasteiger partial charge is 0.742 e. The molecule has 0 aliphatic heterocycles. The third kappa shape index (κ3) is 59.4. The minimum absolute atomic E-state index is 0. The summed E-state index contributed by atoms with van der Waals surface area (Å²) in [5.41, 5.74) is 0. The van der Waals surface area contributed by atoms with Crippen LogP contribution in [-0.2, 0) is 44.4 Å². The van der Waals surface area contributed by atoms with Crippen molar-refractivity contribution in [2.75, 3.05) is 13.1 Å². The van der Waals surface area contributed by atoms with Crippen LogP contribution in [-0.4, -0.2) is 35.1 Å². The van der Waals surface area contributed by atoms with Crippen molar-refractivity contribution in [2.45, 2.75) is 245 Å². The molecule has 54 heavy (non-hydrogen) atoms. The normalized spacial score (nSPS) is 10.4. The van der Waals surface area contributed by atoms with Crippen molar-refractivity contribution in [3.05, 3.63) is 0 Å². The molecule has 0 aliphatic carbocycles. The topological polar surface area (TPSA) is 92.3 Å². The first kappa shape index (κ1) is 61.4. The van der Waals surface area contributed by atoms with E-state index in [1.165, 1.54) is 193 Å². The van der Waals surface area contributed by atoms with Gasteiger partial charge in [-0.25, -0.2) is 0 Å². The minimum atomic E-state index is -0.331. The molecule has 0 bridgehead atoms. The van der Waals surface area contributed by atoms with E-state index in [0.717, 1.165) is 25.9 Å². The summed E-state index contributed by atoms with van der Waals surface area (Å²) in [6, 6.07) is 0. The zero-order chi connectivity index (χ0) is 38.6. The molecule has 0 rings (SSSR count). The Kier molecular flexibility index (Phi) is 61.1. The SMILES string of the molecule is CCCCCCCCCCCCCCCCCCNC(=O)CCC(=O)[S-].CCCCCCCCCCCCCCCCCCNC(=O)CCC(=O)[S-].[Na+].[Na+]. The standard InChI is InChI=1S/2C22H43NO2S.2Na/c2*1-2-3-4-5-6-7-8-9-10-11-12-13-14-15-16-17-20-23-21(24)18-19-22(25)26;;/h2*2-20H2,1H3,(H,23,24)(H,25,26);;/q;;2*+1/p-2. The summed E-state index contributed by atoms with van der Waals surface area (Å²) < 4.78 is 0. The number of rotatable bonds is 40. The first-order valence-corrected chi connectivity index (χ1v) is 23.1. The van der Waals surface area contributed by atoms with E-state index >= 15 is 0 Å². The van der Waals surface area contributed by atoms with E-state index in [2.05, 4.69) is 49.7 Å². The summed E-state index contributed by atoms with van der Waals surface area (Å²) in [7, 11) is 0. The van der Waals surface area contributed by atoms with Crippen LogP contribution in [0.1, 0.15) is 245 Å². The van der Waals surface area contributed by atoms with Crippen LogP contribution < -0.4 is 69.7 Å². The van der Waals surface area contributed by atoms with E-state index in [0.29, 0.717) is 0 Å². The number of amides is 2. The first-order valence-electron chi connectivity index (χ1n) is 22.3. The second-order valence-corrected chi connectivity index (χ2v) is 16.0. The summed E-state index contributed by atoms with van der Waals surface area (Å²) in [5, 5.41) is 5.04. The van der Waals surface area contributed by atoms with Gasteiger partial charge in [0.15, 0.2) is 0 Å². The summed E-state index contributed by atoms with van der Waals surface area (Å²) in [6.45, 7) is 6.00. The largest absolute Gasteiger partial charge is 1.00 e. The van der Waals surface area contributed by atoms with Gasteiger partial charge >= 0.3 is 59.1 Å². The molecule has 0 atom stereocenters. The summed E-state index contributed by atoms with van der Waals surface area (Å²) >= 11 is 8.87. The molecule has 0 radical (unpaired) electrons. The summed E-state index contributed by atoms with van der Waals surface area (Å²) in [4.78, 5) is 44.0. The molecule has 0 aliphatic rings. The van der Waals surface area contributed by atoms with Gasteiger partial charge in [-0.15, -0.1) is 0 Å². The van der Waals surface area contributed by atoms with Gasteiger partial charge in [0.25, 0.3) is 0 Å². The molecular weight excluding hydrogens is 731 g/mol. The molecule has 0 saturated carbocycles. The van der Waals surface area contributed by atoms with Gasteiger partial charge < -0.3 is 45.5 Å². The number of carbonyl (C=O) groups excluding carboxylic acids is 4. The maximum atomic E-state index is 11.4. The van der Waals surface area contributed by atoms with Crippen molar-refractivity contribution < 1.29 is 78.3 Å². The quantitative estimate of drug-likeness (QED) is 0.0421. The Balaban J connectivity index is -0.000000446. The Morgan fingerprint density at radius 3 is 0.685 bits per heavy atom. The van der Waals surface area contributed by atoms with E-state index in [4.69, 9.17) is 0 Å². The van der Waals surface area contributed by atoms with Crippen LogP contribution in [0.3, 0.4) is 0 Å². The van der Waals surface area contributed by atoms with Crippen LogP contribution in [0.5, 0.6) is 0 Å². The van der Waals surface area contributed by atoms with Gasteiger partial charge in [0.1, 0.15) is 0 Å². The predicted octanol–water partition coefficient (Wildman–Crippen LogP) is 6.44. The molecule has 10 heteroatoms. The third-order valence-electron chi connectivity index (χ3n) is 9.82. The fourth-order valence-corrected chi connectivity index (χ4v) is 6.61. The van der Waals surface area contributed by atoms with Gasteiger partial charge in [0, 0.05) is 36.2 Å². The maximum absolute atomic E-state index is 11.4. The van der Waals surface area contributed by atoms with E-state index in [9.17, 15) is 19.2 Å². The monoisotopic (exact) mass is 815 g/mol. The molecule has 0 fully saturated rings. The van der Waals surface area contributed by atoms with E-state index in [-0.39, 0.29) is 107 Å². The average molecular weight is 815 g/mol. The Labute approximate surface area is 390 Å². The van der Waals surface area contributed by atoms with Crippen LogP contribution in [0.15, 0.2) is 0 Å². The molecule has 0 aromatic carbocycles. The summed E-state index contributed by atoms with van der Waals surface area (Å²) in [6.07, 6.45) is 44.2.